The first kappa shape index (κ1) is 16.0. The molecule has 124 valence electrons. The first-order valence-corrected chi connectivity index (χ1v) is 8.22. The highest BCUT2D eigenvalue weighted by molar-refractivity contribution is 5.80. The van der Waals surface area contributed by atoms with Crippen LogP contribution in [0.5, 0.6) is 0 Å². The van der Waals surface area contributed by atoms with Gasteiger partial charge in [-0.15, -0.1) is 0 Å². The number of hydrogen-bond donors (Lipinski definition) is 3. The van der Waals surface area contributed by atoms with Crippen LogP contribution in [0.3, 0.4) is 0 Å². The van der Waals surface area contributed by atoms with E-state index in [9.17, 15) is 9.90 Å². The van der Waals surface area contributed by atoms with E-state index in [0.717, 1.165) is 30.3 Å². The lowest BCUT2D eigenvalue weighted by atomic mass is 9.81. The predicted octanol–water partition coefficient (Wildman–Crippen LogP) is 2.01. The number of fused-ring (bicyclic) bond motifs is 1. The number of aromatic nitrogens is 1. The van der Waals surface area contributed by atoms with Crippen LogP contribution in [0.25, 0.3) is 10.9 Å². The van der Waals surface area contributed by atoms with Crippen LogP contribution in [-0.4, -0.2) is 42.4 Å². The molecule has 2 aromatic rings. The van der Waals surface area contributed by atoms with Crippen LogP contribution in [0.1, 0.15) is 24.8 Å². The third kappa shape index (κ3) is 3.92. The fourth-order valence-electron chi connectivity index (χ4n) is 3.09. The minimum Gasteiger partial charge on any atom is -0.396 e. The second-order valence-electron chi connectivity index (χ2n) is 6.45. The Morgan fingerprint density at radius 2 is 2.13 bits per heavy atom. The van der Waals surface area contributed by atoms with Crippen molar-refractivity contribution >= 4 is 16.8 Å². The van der Waals surface area contributed by atoms with Gasteiger partial charge in [-0.3, -0.25) is 4.79 Å². The van der Waals surface area contributed by atoms with Gasteiger partial charge in [0.15, 0.2) is 0 Å². The largest absolute Gasteiger partial charge is 0.396 e. The first-order valence-electron chi connectivity index (χ1n) is 8.22. The monoisotopic (exact) mass is 316 g/mol. The number of aliphatic hydroxyl groups is 1. The zero-order chi connectivity index (χ0) is 16.1. The van der Waals surface area contributed by atoms with E-state index in [4.69, 9.17) is 4.74 Å². The van der Waals surface area contributed by atoms with Crippen LogP contribution < -0.4 is 5.32 Å². The maximum absolute atomic E-state index is 12.1. The summed E-state index contributed by atoms with van der Waals surface area (Å²) in [5.74, 6) is 0.0403. The third-order valence-electron chi connectivity index (χ3n) is 4.81. The SMILES string of the molecule is O=C(CCc1ccc2[nH]ccc2c1)NCC1(CO)CCOCC1. The van der Waals surface area contributed by atoms with Crippen molar-refractivity contribution in [3.05, 3.63) is 36.0 Å². The van der Waals surface area contributed by atoms with Crippen molar-refractivity contribution in [3.8, 4) is 0 Å². The molecule has 1 aliphatic rings. The van der Waals surface area contributed by atoms with Gasteiger partial charge < -0.3 is 20.1 Å². The van der Waals surface area contributed by atoms with E-state index in [1.165, 1.54) is 5.39 Å². The highest BCUT2D eigenvalue weighted by Crippen LogP contribution is 2.29. The maximum atomic E-state index is 12.1. The van der Waals surface area contributed by atoms with Gasteiger partial charge in [0, 0.05) is 43.3 Å². The fourth-order valence-corrected chi connectivity index (χ4v) is 3.09. The standard InChI is InChI=1S/C18H24N2O3/c21-13-18(6-9-23-10-7-18)12-20-17(22)4-2-14-1-3-16-15(11-14)5-8-19-16/h1,3,5,8,11,19,21H,2,4,6-7,9-10,12-13H2,(H,20,22). The number of carbonyl (C=O) groups excluding carboxylic acids is 1. The molecule has 5 heteroatoms. The number of ether oxygens (including phenoxy) is 1. The third-order valence-corrected chi connectivity index (χ3v) is 4.81. The summed E-state index contributed by atoms with van der Waals surface area (Å²) in [5.41, 5.74) is 2.07. The molecule has 3 rings (SSSR count). The lowest BCUT2D eigenvalue weighted by Crippen LogP contribution is -2.43. The van der Waals surface area contributed by atoms with Crippen molar-refractivity contribution in [1.29, 1.82) is 0 Å². The molecule has 2 heterocycles. The summed E-state index contributed by atoms with van der Waals surface area (Å²) in [6.07, 6.45) is 4.71. The molecule has 0 bridgehead atoms. The number of carbonyl (C=O) groups is 1. The normalized spacial score (nSPS) is 17.3. The van der Waals surface area contributed by atoms with Gasteiger partial charge in [0.05, 0.1) is 6.61 Å². The van der Waals surface area contributed by atoms with Crippen LogP contribution >= 0.6 is 0 Å². The number of nitrogens with one attached hydrogen (secondary N) is 2. The van der Waals surface area contributed by atoms with E-state index >= 15 is 0 Å². The molecule has 1 aromatic heterocycles. The van der Waals surface area contributed by atoms with Gasteiger partial charge in [0.1, 0.15) is 0 Å². The molecule has 5 nitrogen and oxygen atoms in total. The van der Waals surface area contributed by atoms with Gasteiger partial charge in [-0.2, -0.15) is 0 Å². The van der Waals surface area contributed by atoms with Crippen LogP contribution in [0, 0.1) is 5.41 Å². The summed E-state index contributed by atoms with van der Waals surface area (Å²) in [6.45, 7) is 1.95. The van der Waals surface area contributed by atoms with E-state index in [-0.39, 0.29) is 17.9 Å². The number of benzene rings is 1. The van der Waals surface area contributed by atoms with E-state index < -0.39 is 0 Å². The van der Waals surface area contributed by atoms with Gasteiger partial charge in [0.25, 0.3) is 0 Å². The van der Waals surface area contributed by atoms with Crippen LogP contribution in [-0.2, 0) is 16.0 Å². The molecule has 0 radical (unpaired) electrons. The van der Waals surface area contributed by atoms with Gasteiger partial charge in [-0.05, 0) is 48.4 Å². The van der Waals surface area contributed by atoms with Crippen LogP contribution in [0.2, 0.25) is 0 Å². The van der Waals surface area contributed by atoms with E-state index in [1.54, 1.807) is 0 Å². The molecule has 0 unspecified atom stereocenters. The molecule has 1 saturated heterocycles. The molecule has 1 fully saturated rings. The number of aliphatic hydroxyl groups excluding tert-OH is 1. The van der Waals surface area contributed by atoms with Crippen molar-refractivity contribution in [2.45, 2.75) is 25.7 Å². The van der Waals surface area contributed by atoms with E-state index in [0.29, 0.717) is 26.2 Å². The van der Waals surface area contributed by atoms with Gasteiger partial charge >= 0.3 is 0 Å². The average Bonchev–Trinajstić information content (AvgIpc) is 3.06. The Kier molecular flexibility index (Phi) is 4.98. The van der Waals surface area contributed by atoms with Crippen LogP contribution in [0.15, 0.2) is 30.5 Å². The lowest BCUT2D eigenvalue weighted by molar-refractivity contribution is -0.122. The summed E-state index contributed by atoms with van der Waals surface area (Å²) >= 11 is 0. The van der Waals surface area contributed by atoms with Gasteiger partial charge in [0.2, 0.25) is 5.91 Å². The zero-order valence-electron chi connectivity index (χ0n) is 13.3. The lowest BCUT2D eigenvalue weighted by Gasteiger charge is -2.35. The predicted molar refractivity (Wildman–Crippen MR) is 89.2 cm³/mol. The second-order valence-corrected chi connectivity index (χ2v) is 6.45. The second kappa shape index (κ2) is 7.15. The first-order chi connectivity index (χ1) is 11.2. The molecule has 1 amide bonds. The average molecular weight is 316 g/mol. The number of aryl methyl sites for hydroxylation is 1. The highest BCUT2D eigenvalue weighted by Gasteiger charge is 2.32. The molecule has 0 atom stereocenters. The van der Waals surface area contributed by atoms with Crippen molar-refractivity contribution in [2.75, 3.05) is 26.4 Å². The Hall–Kier alpha value is -1.85. The summed E-state index contributed by atoms with van der Waals surface area (Å²) < 4.78 is 5.34. The molecule has 1 aliphatic heterocycles. The molecule has 0 aliphatic carbocycles. The molecular formula is C18H24N2O3. The fraction of sp³-hybridized carbons (Fsp3) is 0.500. The van der Waals surface area contributed by atoms with E-state index in [1.807, 2.05) is 18.3 Å². The molecule has 3 N–H and O–H groups in total. The molecular weight excluding hydrogens is 292 g/mol. The molecule has 1 aromatic carbocycles. The zero-order valence-corrected chi connectivity index (χ0v) is 13.3. The highest BCUT2D eigenvalue weighted by atomic mass is 16.5. The summed E-state index contributed by atoms with van der Waals surface area (Å²) in [5, 5.41) is 13.8. The number of H-pyrrole nitrogens is 1. The minimum absolute atomic E-state index is 0.0403. The van der Waals surface area contributed by atoms with Crippen molar-refractivity contribution < 1.29 is 14.6 Å². The van der Waals surface area contributed by atoms with Crippen LogP contribution in [0.4, 0.5) is 0 Å². The molecule has 0 saturated carbocycles. The number of amides is 1. The Morgan fingerprint density at radius 3 is 2.91 bits per heavy atom. The number of hydrogen-bond acceptors (Lipinski definition) is 3. The van der Waals surface area contributed by atoms with Crippen molar-refractivity contribution in [1.82, 2.24) is 10.3 Å². The van der Waals surface area contributed by atoms with Crippen molar-refractivity contribution in [3.63, 3.8) is 0 Å². The quantitative estimate of drug-likeness (QED) is 0.763. The van der Waals surface area contributed by atoms with Crippen molar-refractivity contribution in [2.24, 2.45) is 5.41 Å². The minimum atomic E-state index is -0.210. The smallest absolute Gasteiger partial charge is 0.220 e. The Bertz CT molecular complexity index is 659. The van der Waals surface area contributed by atoms with Gasteiger partial charge in [-0.1, -0.05) is 6.07 Å². The summed E-state index contributed by atoms with van der Waals surface area (Å²) in [7, 11) is 0. The Labute approximate surface area is 136 Å². The summed E-state index contributed by atoms with van der Waals surface area (Å²) in [6, 6.07) is 8.26. The molecule has 23 heavy (non-hydrogen) atoms. The number of rotatable bonds is 6. The topological polar surface area (TPSA) is 74.4 Å². The Balaban J connectivity index is 1.49. The molecule has 0 spiro atoms. The Morgan fingerprint density at radius 1 is 1.30 bits per heavy atom. The van der Waals surface area contributed by atoms with Gasteiger partial charge in [-0.25, -0.2) is 0 Å². The maximum Gasteiger partial charge on any atom is 0.220 e. The van der Waals surface area contributed by atoms with E-state index in [2.05, 4.69) is 22.4 Å². The summed E-state index contributed by atoms with van der Waals surface area (Å²) in [4.78, 5) is 15.3. The number of aromatic amines is 1.